The Balaban J connectivity index is 0.00000200. The number of hydrogen-bond donors (Lipinski definition) is 1. The van der Waals surface area contributed by atoms with Crippen LogP contribution in [0.3, 0.4) is 0 Å². The molecule has 122 valence electrons. The SMILES string of the molecule is Cl.Cl.Fc1ccc([C@@H](N2CCNCC2)C(F)(F)F)c(F)c1. The molecular weight excluding hydrogens is 338 g/mol. The summed E-state index contributed by atoms with van der Waals surface area (Å²) >= 11 is 0. The Kier molecular flexibility index (Phi) is 7.88. The standard InChI is InChI=1S/C12H13F5N2.2ClH/c13-8-1-2-9(10(14)7-8)11(12(15,16)17)19-5-3-18-4-6-19;;/h1-2,7,11,18H,3-6H2;2*1H/t11-;;/m1../s1. The zero-order chi connectivity index (χ0) is 14.0. The van der Waals surface area contributed by atoms with E-state index in [1.165, 1.54) is 0 Å². The Morgan fingerprint density at radius 2 is 1.62 bits per heavy atom. The molecule has 1 aliphatic heterocycles. The maximum atomic E-state index is 13.6. The Morgan fingerprint density at radius 1 is 1.05 bits per heavy atom. The molecule has 0 saturated carbocycles. The van der Waals surface area contributed by atoms with Gasteiger partial charge in [0.05, 0.1) is 0 Å². The van der Waals surface area contributed by atoms with Gasteiger partial charge in [-0.3, -0.25) is 4.90 Å². The van der Waals surface area contributed by atoms with Gasteiger partial charge in [0.15, 0.2) is 0 Å². The average Bonchev–Trinajstić information content (AvgIpc) is 2.32. The van der Waals surface area contributed by atoms with Gasteiger partial charge in [-0.25, -0.2) is 8.78 Å². The highest BCUT2D eigenvalue weighted by Crippen LogP contribution is 2.38. The van der Waals surface area contributed by atoms with Gasteiger partial charge in [0.1, 0.15) is 17.7 Å². The topological polar surface area (TPSA) is 15.3 Å². The van der Waals surface area contributed by atoms with Crippen LogP contribution in [0, 0.1) is 11.6 Å². The predicted molar refractivity (Wildman–Crippen MR) is 74.1 cm³/mol. The molecule has 1 heterocycles. The summed E-state index contributed by atoms with van der Waals surface area (Å²) in [5.41, 5.74) is -0.532. The van der Waals surface area contributed by atoms with E-state index < -0.39 is 29.4 Å². The van der Waals surface area contributed by atoms with E-state index in [4.69, 9.17) is 0 Å². The summed E-state index contributed by atoms with van der Waals surface area (Å²) in [4.78, 5) is 1.16. The van der Waals surface area contributed by atoms with Gasteiger partial charge in [-0.2, -0.15) is 13.2 Å². The summed E-state index contributed by atoms with van der Waals surface area (Å²) in [6.07, 6.45) is -4.60. The lowest BCUT2D eigenvalue weighted by molar-refractivity contribution is -0.188. The molecule has 0 aliphatic carbocycles. The minimum atomic E-state index is -4.60. The summed E-state index contributed by atoms with van der Waals surface area (Å²) in [6, 6.07) is 0.163. The van der Waals surface area contributed by atoms with E-state index in [0.29, 0.717) is 19.2 Å². The van der Waals surface area contributed by atoms with Crippen LogP contribution >= 0.6 is 24.8 Å². The minimum absolute atomic E-state index is 0. The van der Waals surface area contributed by atoms with Crippen molar-refractivity contribution in [1.82, 2.24) is 10.2 Å². The Labute approximate surface area is 131 Å². The van der Waals surface area contributed by atoms with Crippen molar-refractivity contribution < 1.29 is 22.0 Å². The highest BCUT2D eigenvalue weighted by Gasteiger charge is 2.46. The first-order valence-corrected chi connectivity index (χ1v) is 5.86. The lowest BCUT2D eigenvalue weighted by Crippen LogP contribution is -2.49. The van der Waals surface area contributed by atoms with Crippen molar-refractivity contribution >= 4 is 24.8 Å². The van der Waals surface area contributed by atoms with Crippen molar-refractivity contribution in [2.45, 2.75) is 12.2 Å². The fraction of sp³-hybridized carbons (Fsp3) is 0.500. The molecule has 0 spiro atoms. The molecule has 1 aromatic carbocycles. The lowest BCUT2D eigenvalue weighted by atomic mass is 10.0. The van der Waals surface area contributed by atoms with Crippen LogP contribution in [0.15, 0.2) is 18.2 Å². The van der Waals surface area contributed by atoms with E-state index in [-0.39, 0.29) is 37.9 Å². The van der Waals surface area contributed by atoms with Crippen LogP contribution in [0.1, 0.15) is 11.6 Å². The van der Waals surface area contributed by atoms with Gasteiger partial charge in [-0.15, -0.1) is 24.8 Å². The maximum absolute atomic E-state index is 13.6. The van der Waals surface area contributed by atoms with Crippen molar-refractivity contribution in [2.24, 2.45) is 0 Å². The van der Waals surface area contributed by atoms with E-state index in [1.54, 1.807) is 0 Å². The summed E-state index contributed by atoms with van der Waals surface area (Å²) < 4.78 is 65.9. The van der Waals surface area contributed by atoms with E-state index in [1.807, 2.05) is 0 Å². The van der Waals surface area contributed by atoms with Crippen LogP contribution in [0.4, 0.5) is 22.0 Å². The molecule has 2 rings (SSSR count). The molecule has 21 heavy (non-hydrogen) atoms. The van der Waals surface area contributed by atoms with Crippen LogP contribution in [-0.2, 0) is 0 Å². The Hall–Kier alpha value is -0.630. The molecule has 1 N–H and O–H groups in total. The van der Waals surface area contributed by atoms with Gasteiger partial charge in [0, 0.05) is 37.8 Å². The smallest absolute Gasteiger partial charge is 0.314 e. The van der Waals surface area contributed by atoms with E-state index in [0.717, 1.165) is 17.0 Å². The molecule has 0 bridgehead atoms. The highest BCUT2D eigenvalue weighted by atomic mass is 35.5. The van der Waals surface area contributed by atoms with Gasteiger partial charge in [-0.05, 0) is 6.07 Å². The molecule has 0 unspecified atom stereocenters. The molecule has 1 aliphatic rings. The first-order chi connectivity index (χ1) is 8.89. The van der Waals surface area contributed by atoms with Gasteiger partial charge < -0.3 is 5.32 Å². The maximum Gasteiger partial charge on any atom is 0.408 e. The average molecular weight is 353 g/mol. The van der Waals surface area contributed by atoms with E-state index >= 15 is 0 Å². The number of benzene rings is 1. The number of nitrogens with zero attached hydrogens (tertiary/aromatic N) is 1. The fourth-order valence-corrected chi connectivity index (χ4v) is 2.24. The van der Waals surface area contributed by atoms with Crippen molar-refractivity contribution in [3.8, 4) is 0 Å². The van der Waals surface area contributed by atoms with Gasteiger partial charge in [0.2, 0.25) is 0 Å². The molecule has 0 amide bonds. The first-order valence-electron chi connectivity index (χ1n) is 5.86. The molecule has 1 saturated heterocycles. The van der Waals surface area contributed by atoms with Gasteiger partial charge >= 0.3 is 6.18 Å². The third-order valence-corrected chi connectivity index (χ3v) is 3.08. The number of halogens is 7. The number of alkyl halides is 3. The number of hydrogen-bond acceptors (Lipinski definition) is 2. The molecule has 0 radical (unpaired) electrons. The normalized spacial score (nSPS) is 17.6. The quantitative estimate of drug-likeness (QED) is 0.821. The van der Waals surface area contributed by atoms with Gasteiger partial charge in [0.25, 0.3) is 0 Å². The molecule has 0 aromatic heterocycles. The third kappa shape index (κ3) is 4.95. The van der Waals surface area contributed by atoms with Crippen molar-refractivity contribution in [2.75, 3.05) is 26.2 Å². The van der Waals surface area contributed by atoms with E-state index in [2.05, 4.69) is 5.32 Å². The largest absolute Gasteiger partial charge is 0.408 e. The fourth-order valence-electron chi connectivity index (χ4n) is 2.24. The molecule has 2 nitrogen and oxygen atoms in total. The molecule has 1 atom stereocenters. The molecular formula is C12H15Cl2F5N2. The van der Waals surface area contributed by atoms with Crippen molar-refractivity contribution in [1.29, 1.82) is 0 Å². The van der Waals surface area contributed by atoms with Crippen LogP contribution < -0.4 is 5.32 Å². The van der Waals surface area contributed by atoms with Crippen LogP contribution in [0.25, 0.3) is 0 Å². The van der Waals surface area contributed by atoms with E-state index in [9.17, 15) is 22.0 Å². The second kappa shape index (κ2) is 8.12. The van der Waals surface area contributed by atoms with Crippen LogP contribution in [0.2, 0.25) is 0 Å². The summed E-state index contributed by atoms with van der Waals surface area (Å²) in [7, 11) is 0. The number of nitrogens with one attached hydrogen (secondary N) is 1. The third-order valence-electron chi connectivity index (χ3n) is 3.08. The predicted octanol–water partition coefficient (Wildman–Crippen LogP) is 3.32. The van der Waals surface area contributed by atoms with Crippen LogP contribution in [0.5, 0.6) is 0 Å². The summed E-state index contributed by atoms with van der Waals surface area (Å²) in [6.45, 7) is 1.16. The zero-order valence-electron chi connectivity index (χ0n) is 10.8. The van der Waals surface area contributed by atoms with Crippen LogP contribution in [-0.4, -0.2) is 37.3 Å². The number of rotatable bonds is 2. The second-order valence-corrected chi connectivity index (χ2v) is 4.40. The first kappa shape index (κ1) is 20.4. The molecule has 1 fully saturated rings. The lowest BCUT2D eigenvalue weighted by Gasteiger charge is -2.36. The second-order valence-electron chi connectivity index (χ2n) is 4.40. The molecule has 1 aromatic rings. The minimum Gasteiger partial charge on any atom is -0.314 e. The Bertz CT molecular complexity index is 450. The van der Waals surface area contributed by atoms with Crippen molar-refractivity contribution in [3.05, 3.63) is 35.4 Å². The van der Waals surface area contributed by atoms with Crippen molar-refractivity contribution in [3.63, 3.8) is 0 Å². The number of piperazine rings is 1. The zero-order valence-corrected chi connectivity index (χ0v) is 12.4. The highest BCUT2D eigenvalue weighted by molar-refractivity contribution is 5.85. The van der Waals surface area contributed by atoms with Gasteiger partial charge in [-0.1, -0.05) is 6.07 Å². The Morgan fingerprint density at radius 3 is 2.10 bits per heavy atom. The summed E-state index contributed by atoms with van der Waals surface area (Å²) in [5.74, 6) is -2.05. The molecule has 9 heteroatoms. The summed E-state index contributed by atoms with van der Waals surface area (Å²) in [5, 5.41) is 2.93. The monoisotopic (exact) mass is 352 g/mol.